The van der Waals surface area contributed by atoms with Crippen molar-refractivity contribution in [2.45, 2.75) is 6.42 Å². The van der Waals surface area contributed by atoms with Crippen LogP contribution in [0.1, 0.15) is 6.42 Å². The van der Waals surface area contributed by atoms with Gasteiger partial charge in [-0.3, -0.25) is 0 Å². The Morgan fingerprint density at radius 1 is 1.55 bits per heavy atom. The highest BCUT2D eigenvalue weighted by molar-refractivity contribution is 5.80. The number of ether oxygens (including phenoxy) is 2. The van der Waals surface area contributed by atoms with Gasteiger partial charge in [0.2, 0.25) is 0 Å². The van der Waals surface area contributed by atoms with Gasteiger partial charge in [-0.1, -0.05) is 13.5 Å². The van der Waals surface area contributed by atoms with Gasteiger partial charge in [0.1, 0.15) is 0 Å². The summed E-state index contributed by atoms with van der Waals surface area (Å²) in [5, 5.41) is 0. The third kappa shape index (κ3) is 17.6. The van der Waals surface area contributed by atoms with Crippen LogP contribution in [0.3, 0.4) is 0 Å². The van der Waals surface area contributed by atoms with E-state index in [0.29, 0.717) is 0 Å². The Morgan fingerprint density at radius 3 is 2.09 bits per heavy atom. The van der Waals surface area contributed by atoms with Gasteiger partial charge in [-0.05, 0) is 6.42 Å². The molecule has 0 aliphatic heterocycles. The lowest BCUT2D eigenvalue weighted by atomic mass is 10.5. The smallest absolute Gasteiger partial charge is 0.329 e. The Morgan fingerprint density at radius 2 is 2.09 bits per heavy atom. The quantitative estimate of drug-likeness (QED) is 0.458. The molecule has 65 valence electrons. The van der Waals surface area contributed by atoms with E-state index >= 15 is 0 Å². The van der Waals surface area contributed by atoms with Gasteiger partial charge in [0.05, 0.1) is 7.11 Å². The van der Waals surface area contributed by atoms with Gasteiger partial charge in [0.25, 0.3) is 0 Å². The molecule has 0 aliphatic carbocycles. The molecule has 0 aromatic heterocycles. The lowest BCUT2D eigenvalue weighted by molar-refractivity contribution is -0.134. The number of methoxy groups -OCH3 is 2. The summed E-state index contributed by atoms with van der Waals surface area (Å²) in [6, 6.07) is 0. The van der Waals surface area contributed by atoms with Crippen LogP contribution in [0.4, 0.5) is 0 Å². The van der Waals surface area contributed by atoms with Gasteiger partial charge in [-0.25, -0.2) is 4.79 Å². The van der Waals surface area contributed by atoms with Crippen molar-refractivity contribution >= 4 is 5.97 Å². The molecule has 0 aromatic carbocycles. The first-order chi connectivity index (χ1) is 5.22. The third-order valence-electron chi connectivity index (χ3n) is 0.716. The Balaban J connectivity index is 0. The molecule has 0 spiro atoms. The Kier molecular flexibility index (Phi) is 13.9. The van der Waals surface area contributed by atoms with Crippen molar-refractivity contribution in [1.82, 2.24) is 0 Å². The second kappa shape index (κ2) is 11.9. The van der Waals surface area contributed by atoms with E-state index in [4.69, 9.17) is 0 Å². The Hall–Kier alpha value is -0.830. The molecule has 1 radical (unpaired) electrons. The summed E-state index contributed by atoms with van der Waals surface area (Å²) in [6.07, 6.45) is 1.98. The molecule has 0 atom stereocenters. The average molecular weight is 159 g/mol. The third-order valence-corrected chi connectivity index (χ3v) is 0.716. The second-order valence-electron chi connectivity index (χ2n) is 1.57. The molecular formula is C8H15O3. The van der Waals surface area contributed by atoms with E-state index in [-0.39, 0.29) is 0 Å². The average Bonchev–Trinajstić information content (AvgIpc) is 2.06. The van der Waals surface area contributed by atoms with Crippen LogP contribution in [0.2, 0.25) is 0 Å². The van der Waals surface area contributed by atoms with Gasteiger partial charge in [-0.2, -0.15) is 0 Å². The van der Waals surface area contributed by atoms with Crippen LogP contribution in [0, 0.1) is 6.92 Å². The molecule has 0 amide bonds. The SMILES string of the molecule is C=CC(=O)OC.[CH2]CCOC. The van der Waals surface area contributed by atoms with E-state index in [2.05, 4.69) is 23.0 Å². The Labute approximate surface area is 68.0 Å². The van der Waals surface area contributed by atoms with E-state index in [1.54, 1.807) is 7.11 Å². The summed E-state index contributed by atoms with van der Waals surface area (Å²) < 4.78 is 8.77. The highest BCUT2D eigenvalue weighted by Crippen LogP contribution is 1.69. The molecule has 0 aliphatic rings. The number of hydrogen-bond acceptors (Lipinski definition) is 3. The zero-order valence-electron chi connectivity index (χ0n) is 7.13. The van der Waals surface area contributed by atoms with Crippen molar-refractivity contribution in [2.75, 3.05) is 20.8 Å². The predicted molar refractivity (Wildman–Crippen MR) is 44.1 cm³/mol. The molecule has 11 heavy (non-hydrogen) atoms. The van der Waals surface area contributed by atoms with Crippen molar-refractivity contribution in [1.29, 1.82) is 0 Å². The number of carbonyl (C=O) groups is 1. The van der Waals surface area contributed by atoms with Crippen LogP contribution < -0.4 is 0 Å². The normalized spacial score (nSPS) is 7.55. The summed E-state index contributed by atoms with van der Waals surface area (Å²) in [5.41, 5.74) is 0. The zero-order valence-corrected chi connectivity index (χ0v) is 7.13. The summed E-state index contributed by atoms with van der Waals surface area (Å²) in [7, 11) is 2.98. The molecule has 0 aromatic rings. The summed E-state index contributed by atoms with van der Waals surface area (Å²) in [5.74, 6) is -0.394. The highest BCUT2D eigenvalue weighted by Gasteiger charge is 1.81. The fraction of sp³-hybridized carbons (Fsp3) is 0.500. The van der Waals surface area contributed by atoms with Crippen LogP contribution in [-0.2, 0) is 14.3 Å². The van der Waals surface area contributed by atoms with Gasteiger partial charge < -0.3 is 9.47 Å². The van der Waals surface area contributed by atoms with Crippen molar-refractivity contribution in [3.05, 3.63) is 19.6 Å². The largest absolute Gasteiger partial charge is 0.466 e. The lowest BCUT2D eigenvalue weighted by Gasteiger charge is -1.84. The zero-order chi connectivity index (χ0) is 9.11. The van der Waals surface area contributed by atoms with Crippen molar-refractivity contribution in [3.8, 4) is 0 Å². The number of rotatable bonds is 3. The van der Waals surface area contributed by atoms with Gasteiger partial charge >= 0.3 is 5.97 Å². The first-order valence-electron chi connectivity index (χ1n) is 3.21. The molecule has 0 bridgehead atoms. The minimum atomic E-state index is -0.394. The molecule has 3 heteroatoms. The first kappa shape index (κ1) is 12.8. The fourth-order valence-corrected chi connectivity index (χ4v) is 0.228. The van der Waals surface area contributed by atoms with Gasteiger partial charge in [0, 0.05) is 19.8 Å². The molecule has 0 unspecified atom stereocenters. The van der Waals surface area contributed by atoms with Crippen molar-refractivity contribution < 1.29 is 14.3 Å². The first-order valence-corrected chi connectivity index (χ1v) is 3.21. The maximum absolute atomic E-state index is 9.84. The van der Waals surface area contributed by atoms with E-state index in [1.165, 1.54) is 7.11 Å². The molecular weight excluding hydrogens is 144 g/mol. The topological polar surface area (TPSA) is 35.5 Å². The fourth-order valence-electron chi connectivity index (χ4n) is 0.228. The molecule has 0 rings (SSSR count). The van der Waals surface area contributed by atoms with E-state index in [0.717, 1.165) is 19.1 Å². The van der Waals surface area contributed by atoms with Crippen molar-refractivity contribution in [2.24, 2.45) is 0 Å². The van der Waals surface area contributed by atoms with E-state index < -0.39 is 5.97 Å². The molecule has 3 nitrogen and oxygen atoms in total. The minimum absolute atomic E-state index is 0.394. The maximum atomic E-state index is 9.84. The second-order valence-corrected chi connectivity index (χ2v) is 1.57. The molecule has 0 fully saturated rings. The molecule has 0 saturated carbocycles. The molecule has 0 N–H and O–H groups in total. The van der Waals surface area contributed by atoms with Crippen molar-refractivity contribution in [3.63, 3.8) is 0 Å². The highest BCUT2D eigenvalue weighted by atomic mass is 16.5. The van der Waals surface area contributed by atoms with Gasteiger partial charge in [0.15, 0.2) is 0 Å². The Bertz CT molecular complexity index is 97.5. The van der Waals surface area contributed by atoms with E-state index in [1.807, 2.05) is 0 Å². The maximum Gasteiger partial charge on any atom is 0.329 e. The predicted octanol–water partition coefficient (Wildman–Crippen LogP) is 1.20. The summed E-state index contributed by atoms with van der Waals surface area (Å²) in [6.45, 7) is 7.49. The number of hydrogen-bond donors (Lipinski definition) is 0. The number of esters is 1. The monoisotopic (exact) mass is 159 g/mol. The van der Waals surface area contributed by atoms with Gasteiger partial charge in [-0.15, -0.1) is 0 Å². The van der Waals surface area contributed by atoms with E-state index in [9.17, 15) is 4.79 Å². The van der Waals surface area contributed by atoms with Crippen LogP contribution in [0.15, 0.2) is 12.7 Å². The van der Waals surface area contributed by atoms with Crippen LogP contribution in [0.25, 0.3) is 0 Å². The minimum Gasteiger partial charge on any atom is -0.466 e. The van der Waals surface area contributed by atoms with Crippen LogP contribution in [0.5, 0.6) is 0 Å². The molecule has 0 heterocycles. The summed E-state index contributed by atoms with van der Waals surface area (Å²) >= 11 is 0. The summed E-state index contributed by atoms with van der Waals surface area (Å²) in [4.78, 5) is 9.84. The van der Waals surface area contributed by atoms with Crippen LogP contribution >= 0.6 is 0 Å². The number of carbonyl (C=O) groups excluding carboxylic acids is 1. The molecule has 0 saturated heterocycles. The standard InChI is InChI=1S/C4H6O2.C4H9O/c1-3-4(5)6-2;1-3-4-5-2/h3H,1H2,2H3;1,3-4H2,2H3. The lowest BCUT2D eigenvalue weighted by Crippen LogP contribution is -1.91. The van der Waals surface area contributed by atoms with Crippen LogP contribution in [-0.4, -0.2) is 26.8 Å².